The zero-order valence-electron chi connectivity index (χ0n) is 15.9. The number of aromatic nitrogens is 2. The molecule has 1 unspecified atom stereocenters. The van der Waals surface area contributed by atoms with E-state index in [1.54, 1.807) is 24.5 Å². The highest BCUT2D eigenvalue weighted by Crippen LogP contribution is 2.19. The van der Waals surface area contributed by atoms with Crippen molar-refractivity contribution >= 4 is 5.91 Å². The van der Waals surface area contributed by atoms with Gasteiger partial charge in [-0.3, -0.25) is 9.78 Å². The lowest BCUT2D eigenvalue weighted by Gasteiger charge is -2.35. The lowest BCUT2D eigenvalue weighted by molar-refractivity contribution is 0.0684. The summed E-state index contributed by atoms with van der Waals surface area (Å²) in [5, 5.41) is 0. The average Bonchev–Trinajstić information content (AvgIpc) is 2.71. The lowest BCUT2D eigenvalue weighted by atomic mass is 9.96. The Balaban J connectivity index is 1.53. The molecule has 0 radical (unpaired) electrons. The number of hydrogen-bond donors (Lipinski definition) is 0. The highest BCUT2D eigenvalue weighted by molar-refractivity contribution is 5.91. The second-order valence-electron chi connectivity index (χ2n) is 7.12. The van der Waals surface area contributed by atoms with Gasteiger partial charge in [-0.05, 0) is 56.3 Å². The van der Waals surface area contributed by atoms with Crippen molar-refractivity contribution in [3.63, 3.8) is 0 Å². The van der Waals surface area contributed by atoms with E-state index in [0.29, 0.717) is 18.2 Å². The van der Waals surface area contributed by atoms with Crippen LogP contribution in [0.1, 0.15) is 35.8 Å². The van der Waals surface area contributed by atoms with Gasteiger partial charge < -0.3 is 9.80 Å². The SMILES string of the molecule is CCN(CC1CCCN(CCc2cccc(F)c2)C1)C(=O)c1cnccn1. The molecule has 27 heavy (non-hydrogen) atoms. The molecule has 0 bridgehead atoms. The van der Waals surface area contributed by atoms with E-state index in [-0.39, 0.29) is 11.7 Å². The molecule has 1 aromatic heterocycles. The second-order valence-corrected chi connectivity index (χ2v) is 7.12. The Bertz CT molecular complexity index is 740. The number of halogens is 1. The molecule has 1 atom stereocenters. The van der Waals surface area contributed by atoms with Crippen LogP contribution in [0.4, 0.5) is 4.39 Å². The van der Waals surface area contributed by atoms with Crippen LogP contribution in [0, 0.1) is 11.7 Å². The minimum Gasteiger partial charge on any atom is -0.337 e. The number of amides is 1. The molecule has 0 aliphatic carbocycles. The quantitative estimate of drug-likeness (QED) is 0.752. The molecule has 1 aromatic carbocycles. The normalized spacial score (nSPS) is 17.6. The number of rotatable bonds is 7. The smallest absolute Gasteiger partial charge is 0.274 e. The maximum absolute atomic E-state index is 13.3. The Morgan fingerprint density at radius 1 is 1.37 bits per heavy atom. The third-order valence-corrected chi connectivity index (χ3v) is 5.14. The van der Waals surface area contributed by atoms with E-state index in [9.17, 15) is 9.18 Å². The maximum Gasteiger partial charge on any atom is 0.274 e. The molecule has 3 rings (SSSR count). The van der Waals surface area contributed by atoms with Gasteiger partial charge in [0.1, 0.15) is 11.5 Å². The fourth-order valence-corrected chi connectivity index (χ4v) is 3.72. The molecule has 0 N–H and O–H groups in total. The van der Waals surface area contributed by atoms with Crippen LogP contribution < -0.4 is 0 Å². The fraction of sp³-hybridized carbons (Fsp3) is 0.476. The van der Waals surface area contributed by atoms with Gasteiger partial charge >= 0.3 is 0 Å². The summed E-state index contributed by atoms with van der Waals surface area (Å²) in [6, 6.07) is 6.83. The number of hydrogen-bond acceptors (Lipinski definition) is 4. The molecule has 1 saturated heterocycles. The monoisotopic (exact) mass is 370 g/mol. The predicted molar refractivity (Wildman–Crippen MR) is 103 cm³/mol. The molecule has 5 nitrogen and oxygen atoms in total. The zero-order chi connectivity index (χ0) is 19.1. The van der Waals surface area contributed by atoms with E-state index >= 15 is 0 Å². The minimum absolute atomic E-state index is 0.0533. The molecule has 1 amide bonds. The van der Waals surface area contributed by atoms with Gasteiger partial charge in [-0.15, -0.1) is 0 Å². The summed E-state index contributed by atoms with van der Waals surface area (Å²) in [4.78, 5) is 25.1. The number of benzene rings is 1. The molecule has 0 saturated carbocycles. The highest BCUT2D eigenvalue weighted by atomic mass is 19.1. The largest absolute Gasteiger partial charge is 0.337 e. The zero-order valence-corrected chi connectivity index (χ0v) is 15.9. The van der Waals surface area contributed by atoms with Gasteiger partial charge in [0.25, 0.3) is 5.91 Å². The molecule has 1 aliphatic heterocycles. The Kier molecular flexibility index (Phi) is 6.87. The van der Waals surface area contributed by atoms with Crippen molar-refractivity contribution in [3.8, 4) is 0 Å². The summed E-state index contributed by atoms with van der Waals surface area (Å²) in [5.74, 6) is 0.222. The molecule has 144 valence electrons. The van der Waals surface area contributed by atoms with Crippen molar-refractivity contribution in [2.45, 2.75) is 26.2 Å². The summed E-state index contributed by atoms with van der Waals surface area (Å²) >= 11 is 0. The van der Waals surface area contributed by atoms with E-state index in [1.165, 1.54) is 12.3 Å². The summed E-state index contributed by atoms with van der Waals surface area (Å²) in [5.41, 5.74) is 1.43. The van der Waals surface area contributed by atoms with Crippen molar-refractivity contribution < 1.29 is 9.18 Å². The van der Waals surface area contributed by atoms with Gasteiger partial charge in [0, 0.05) is 38.6 Å². The first-order valence-corrected chi connectivity index (χ1v) is 9.67. The van der Waals surface area contributed by atoms with Crippen LogP contribution in [0.15, 0.2) is 42.9 Å². The summed E-state index contributed by atoms with van der Waals surface area (Å²) in [7, 11) is 0. The predicted octanol–water partition coefficient (Wildman–Crippen LogP) is 3.03. The molecule has 6 heteroatoms. The van der Waals surface area contributed by atoms with Crippen LogP contribution in [0.2, 0.25) is 0 Å². The Morgan fingerprint density at radius 3 is 3.00 bits per heavy atom. The topological polar surface area (TPSA) is 49.3 Å². The second kappa shape index (κ2) is 9.55. The Labute approximate surface area is 160 Å². The van der Waals surface area contributed by atoms with Crippen molar-refractivity contribution in [3.05, 3.63) is 59.9 Å². The van der Waals surface area contributed by atoms with Crippen LogP contribution in [0.3, 0.4) is 0 Å². The first kappa shape index (κ1) is 19.4. The van der Waals surface area contributed by atoms with E-state index in [0.717, 1.165) is 51.0 Å². The molecule has 2 aromatic rings. The average molecular weight is 370 g/mol. The number of carbonyl (C=O) groups excluding carboxylic acids is 1. The van der Waals surface area contributed by atoms with Crippen molar-refractivity contribution in [1.82, 2.24) is 19.8 Å². The molecule has 0 spiro atoms. The summed E-state index contributed by atoms with van der Waals surface area (Å²) in [6.45, 7) is 6.36. The van der Waals surface area contributed by atoms with Gasteiger partial charge in [0.15, 0.2) is 0 Å². The minimum atomic E-state index is -0.176. The molecular weight excluding hydrogens is 343 g/mol. The Hall–Kier alpha value is -2.34. The van der Waals surface area contributed by atoms with Crippen LogP contribution in [0.5, 0.6) is 0 Å². The molecule has 1 aliphatic rings. The third kappa shape index (κ3) is 5.57. The van der Waals surface area contributed by atoms with Crippen LogP contribution in [0.25, 0.3) is 0 Å². The number of piperidine rings is 1. The van der Waals surface area contributed by atoms with Gasteiger partial charge in [0.2, 0.25) is 0 Å². The van der Waals surface area contributed by atoms with Crippen LogP contribution in [-0.2, 0) is 6.42 Å². The van der Waals surface area contributed by atoms with Crippen molar-refractivity contribution in [2.24, 2.45) is 5.92 Å². The van der Waals surface area contributed by atoms with Gasteiger partial charge in [0.05, 0.1) is 6.20 Å². The van der Waals surface area contributed by atoms with E-state index in [1.807, 2.05) is 17.9 Å². The first-order chi connectivity index (χ1) is 13.2. The number of carbonyl (C=O) groups is 1. The van der Waals surface area contributed by atoms with E-state index < -0.39 is 0 Å². The lowest BCUT2D eigenvalue weighted by Crippen LogP contribution is -2.43. The van der Waals surface area contributed by atoms with Gasteiger partial charge in [-0.1, -0.05) is 12.1 Å². The fourth-order valence-electron chi connectivity index (χ4n) is 3.72. The van der Waals surface area contributed by atoms with Gasteiger partial charge in [-0.25, -0.2) is 9.37 Å². The number of likely N-dealkylation sites (tertiary alicyclic amines) is 1. The highest BCUT2D eigenvalue weighted by Gasteiger charge is 2.24. The maximum atomic E-state index is 13.3. The van der Waals surface area contributed by atoms with E-state index in [2.05, 4.69) is 14.9 Å². The molecule has 2 heterocycles. The summed E-state index contributed by atoms with van der Waals surface area (Å²) in [6.07, 6.45) is 7.75. The van der Waals surface area contributed by atoms with E-state index in [4.69, 9.17) is 0 Å². The van der Waals surface area contributed by atoms with Crippen molar-refractivity contribution in [2.75, 3.05) is 32.7 Å². The van der Waals surface area contributed by atoms with Gasteiger partial charge in [-0.2, -0.15) is 0 Å². The molecule has 1 fully saturated rings. The standard InChI is InChI=1S/C21H27FN4O/c1-2-26(21(27)20-14-23-9-10-24-20)16-18-6-4-11-25(15-18)12-8-17-5-3-7-19(22)13-17/h3,5,7,9-10,13-14,18H,2,4,6,8,11-12,15-16H2,1H3. The van der Waals surface area contributed by atoms with Crippen molar-refractivity contribution in [1.29, 1.82) is 0 Å². The summed E-state index contributed by atoms with van der Waals surface area (Å²) < 4.78 is 13.3. The van der Waals surface area contributed by atoms with Crippen LogP contribution >= 0.6 is 0 Å². The van der Waals surface area contributed by atoms with Crippen LogP contribution in [-0.4, -0.2) is 58.4 Å². The third-order valence-electron chi connectivity index (χ3n) is 5.14. The molecular formula is C21H27FN4O. The first-order valence-electron chi connectivity index (χ1n) is 9.67. The Morgan fingerprint density at radius 2 is 2.26 bits per heavy atom. The number of nitrogens with zero attached hydrogens (tertiary/aromatic N) is 4.